The average Bonchev–Trinajstić information content (AvgIpc) is 2.89. The highest BCUT2D eigenvalue weighted by Gasteiger charge is 2.32. The summed E-state index contributed by atoms with van der Waals surface area (Å²) in [6.45, 7) is 0.0960. The normalized spacial score (nSPS) is 13.0. The molecule has 1 aromatic heterocycles. The molecule has 3 nitrogen and oxygen atoms in total. The van der Waals surface area contributed by atoms with Crippen LogP contribution in [0.3, 0.4) is 0 Å². The predicted molar refractivity (Wildman–Crippen MR) is 70.9 cm³/mol. The highest BCUT2D eigenvalue weighted by molar-refractivity contribution is 7.10. The smallest absolute Gasteiger partial charge is 0.404 e. The maximum absolute atomic E-state index is 12.2. The maximum atomic E-state index is 12.2. The molecular weight excluding hydrogens is 291 g/mol. The van der Waals surface area contributed by atoms with Crippen LogP contribution >= 0.6 is 11.3 Å². The van der Waals surface area contributed by atoms with Crippen molar-refractivity contribution in [3.05, 3.63) is 46.7 Å². The minimum absolute atomic E-state index is 0.0960. The highest BCUT2D eigenvalue weighted by atomic mass is 32.1. The fourth-order valence-corrected chi connectivity index (χ4v) is 2.33. The fourth-order valence-electron chi connectivity index (χ4n) is 1.61. The van der Waals surface area contributed by atoms with Gasteiger partial charge in [0.2, 0.25) is 0 Å². The summed E-state index contributed by atoms with van der Waals surface area (Å²) in [6.07, 6.45) is -5.53. The van der Waals surface area contributed by atoms with E-state index < -0.39 is 12.5 Å². The van der Waals surface area contributed by atoms with E-state index in [2.05, 4.69) is 10.1 Å². The van der Waals surface area contributed by atoms with Crippen molar-refractivity contribution in [2.45, 2.75) is 12.5 Å². The van der Waals surface area contributed by atoms with Gasteiger partial charge in [0, 0.05) is 11.4 Å². The first kappa shape index (κ1) is 14.7. The van der Waals surface area contributed by atoms with Crippen LogP contribution in [-0.4, -0.2) is 18.0 Å². The lowest BCUT2D eigenvalue weighted by Gasteiger charge is -2.16. The van der Waals surface area contributed by atoms with Gasteiger partial charge in [-0.25, -0.2) is 0 Å². The van der Waals surface area contributed by atoms with E-state index in [0.717, 1.165) is 4.88 Å². The zero-order valence-electron chi connectivity index (χ0n) is 10.2. The second-order valence-corrected chi connectivity index (χ2v) is 4.94. The van der Waals surface area contributed by atoms with Gasteiger partial charge in [-0.3, -0.25) is 0 Å². The number of aliphatic hydroxyl groups is 1. The molecule has 20 heavy (non-hydrogen) atoms. The van der Waals surface area contributed by atoms with E-state index in [4.69, 9.17) is 0 Å². The molecule has 7 heteroatoms. The third kappa shape index (κ3) is 4.14. The number of aliphatic hydroxyl groups excluding tert-OH is 1. The van der Waals surface area contributed by atoms with Gasteiger partial charge in [0.05, 0.1) is 5.69 Å². The van der Waals surface area contributed by atoms with E-state index in [0.29, 0.717) is 0 Å². The second kappa shape index (κ2) is 6.15. The molecule has 2 aromatic rings. The van der Waals surface area contributed by atoms with E-state index >= 15 is 0 Å². The first-order valence-electron chi connectivity index (χ1n) is 5.76. The number of thiophene rings is 1. The average molecular weight is 303 g/mol. The molecule has 0 saturated carbocycles. The number of alkyl halides is 3. The zero-order chi connectivity index (χ0) is 14.6. The van der Waals surface area contributed by atoms with Crippen LogP contribution in [0.2, 0.25) is 0 Å². The molecular formula is C13H12F3NO2S. The van der Waals surface area contributed by atoms with Crippen LogP contribution in [-0.2, 0) is 0 Å². The topological polar surface area (TPSA) is 41.5 Å². The Kier molecular flexibility index (Phi) is 4.51. The number of halogens is 3. The van der Waals surface area contributed by atoms with Crippen LogP contribution in [0.4, 0.5) is 18.9 Å². The largest absolute Gasteiger partial charge is 0.573 e. The molecule has 1 unspecified atom stereocenters. The van der Waals surface area contributed by atoms with Crippen LogP contribution in [0, 0.1) is 0 Å². The molecule has 0 bridgehead atoms. The molecule has 1 heterocycles. The van der Waals surface area contributed by atoms with E-state index in [1.54, 1.807) is 18.2 Å². The number of hydrogen-bond donors (Lipinski definition) is 2. The Hall–Kier alpha value is -1.73. The first-order valence-corrected chi connectivity index (χ1v) is 6.64. The van der Waals surface area contributed by atoms with E-state index in [-0.39, 0.29) is 18.0 Å². The van der Waals surface area contributed by atoms with Gasteiger partial charge in [-0.1, -0.05) is 18.2 Å². The van der Waals surface area contributed by atoms with Gasteiger partial charge in [-0.2, -0.15) is 0 Å². The molecule has 0 aliphatic heterocycles. The van der Waals surface area contributed by atoms with Gasteiger partial charge in [0.25, 0.3) is 0 Å². The van der Waals surface area contributed by atoms with E-state index in [1.165, 1.54) is 29.5 Å². The molecule has 0 radical (unpaired) electrons. The summed E-state index contributed by atoms with van der Waals surface area (Å²) in [5.41, 5.74) is 0.181. The molecule has 0 fully saturated rings. The predicted octanol–water partition coefficient (Wildman–Crippen LogP) is 3.79. The third-order valence-electron chi connectivity index (χ3n) is 2.47. The Labute approximate surface area is 117 Å². The Bertz CT molecular complexity index is 543. The SMILES string of the molecule is OC(CNc1ccccc1OC(F)(F)F)c1cccs1. The van der Waals surface area contributed by atoms with Gasteiger partial charge >= 0.3 is 6.36 Å². The minimum atomic E-state index is -4.75. The first-order chi connectivity index (χ1) is 9.46. The lowest BCUT2D eigenvalue weighted by Crippen LogP contribution is -2.19. The van der Waals surface area contributed by atoms with E-state index in [9.17, 15) is 18.3 Å². The number of para-hydroxylation sites is 2. The maximum Gasteiger partial charge on any atom is 0.573 e. The van der Waals surface area contributed by atoms with Gasteiger partial charge in [-0.05, 0) is 23.6 Å². The summed E-state index contributed by atoms with van der Waals surface area (Å²) in [7, 11) is 0. The molecule has 0 aliphatic carbocycles. The van der Waals surface area contributed by atoms with Gasteiger partial charge < -0.3 is 15.2 Å². The zero-order valence-corrected chi connectivity index (χ0v) is 11.0. The molecule has 0 amide bonds. The Morgan fingerprint density at radius 3 is 2.60 bits per heavy atom. The molecule has 1 aromatic carbocycles. The molecule has 108 valence electrons. The Balaban J connectivity index is 2.02. The van der Waals surface area contributed by atoms with Crippen molar-refractivity contribution in [3.63, 3.8) is 0 Å². The van der Waals surface area contributed by atoms with Crippen molar-refractivity contribution in [1.82, 2.24) is 0 Å². The molecule has 2 N–H and O–H groups in total. The summed E-state index contributed by atoms with van der Waals surface area (Å²) in [4.78, 5) is 0.742. The van der Waals surface area contributed by atoms with Crippen molar-refractivity contribution in [3.8, 4) is 5.75 Å². The minimum Gasteiger partial charge on any atom is -0.404 e. The summed E-state index contributed by atoms with van der Waals surface area (Å²) >= 11 is 1.38. The number of benzene rings is 1. The van der Waals surface area contributed by atoms with Crippen LogP contribution in [0.1, 0.15) is 11.0 Å². The van der Waals surface area contributed by atoms with Crippen molar-refractivity contribution in [2.75, 3.05) is 11.9 Å². The molecule has 0 saturated heterocycles. The van der Waals surface area contributed by atoms with Crippen molar-refractivity contribution in [1.29, 1.82) is 0 Å². The van der Waals surface area contributed by atoms with Crippen LogP contribution in [0.15, 0.2) is 41.8 Å². The third-order valence-corrected chi connectivity index (χ3v) is 3.44. The Morgan fingerprint density at radius 2 is 1.95 bits per heavy atom. The van der Waals surface area contributed by atoms with Gasteiger partial charge in [-0.15, -0.1) is 24.5 Å². The molecule has 1 atom stereocenters. The Morgan fingerprint density at radius 1 is 1.20 bits per heavy atom. The van der Waals surface area contributed by atoms with Crippen molar-refractivity contribution < 1.29 is 23.0 Å². The second-order valence-electron chi connectivity index (χ2n) is 3.96. The van der Waals surface area contributed by atoms with Crippen LogP contribution < -0.4 is 10.1 Å². The van der Waals surface area contributed by atoms with Crippen molar-refractivity contribution >= 4 is 17.0 Å². The lowest BCUT2D eigenvalue weighted by atomic mass is 10.2. The summed E-state index contributed by atoms with van der Waals surface area (Å²) in [5, 5.41) is 14.5. The van der Waals surface area contributed by atoms with Gasteiger partial charge in [0.15, 0.2) is 5.75 Å². The molecule has 0 aliphatic rings. The summed E-state index contributed by atoms with van der Waals surface area (Å²) in [6, 6.07) is 9.26. The van der Waals surface area contributed by atoms with E-state index in [1.807, 2.05) is 5.38 Å². The quantitative estimate of drug-likeness (QED) is 0.883. The van der Waals surface area contributed by atoms with Crippen molar-refractivity contribution in [2.24, 2.45) is 0 Å². The monoisotopic (exact) mass is 303 g/mol. The molecule has 2 rings (SSSR count). The van der Waals surface area contributed by atoms with Gasteiger partial charge in [0.1, 0.15) is 6.10 Å². The fraction of sp³-hybridized carbons (Fsp3) is 0.231. The number of ether oxygens (including phenoxy) is 1. The molecule has 0 spiro atoms. The summed E-state index contributed by atoms with van der Waals surface area (Å²) < 4.78 is 40.7. The highest BCUT2D eigenvalue weighted by Crippen LogP contribution is 2.30. The number of rotatable bonds is 5. The van der Waals surface area contributed by atoms with Crippen LogP contribution in [0.25, 0.3) is 0 Å². The standard InChI is InChI=1S/C13H12F3NO2S/c14-13(15,16)19-11-5-2-1-4-9(11)17-8-10(18)12-6-3-7-20-12/h1-7,10,17-18H,8H2. The number of nitrogens with one attached hydrogen (secondary N) is 1. The summed E-state index contributed by atoms with van der Waals surface area (Å²) in [5.74, 6) is -0.321. The number of anilines is 1. The van der Waals surface area contributed by atoms with Crippen LogP contribution in [0.5, 0.6) is 5.75 Å². The number of hydrogen-bond acceptors (Lipinski definition) is 4. The lowest BCUT2D eigenvalue weighted by molar-refractivity contribution is -0.274.